The number of rotatable bonds is 5. The van der Waals surface area contributed by atoms with E-state index < -0.39 is 23.4 Å². The molecule has 3 aliphatic heterocycles. The molecule has 2 unspecified atom stereocenters. The number of fused-ring (bicyclic) bond motifs is 1. The van der Waals surface area contributed by atoms with Crippen LogP contribution in [0.4, 0.5) is 20.3 Å². The lowest BCUT2D eigenvalue weighted by Crippen LogP contribution is -2.65. The van der Waals surface area contributed by atoms with Gasteiger partial charge in [0.05, 0.1) is 11.6 Å². The number of pyridine rings is 1. The second-order valence-corrected chi connectivity index (χ2v) is 12.9. The first-order valence-corrected chi connectivity index (χ1v) is 15.6. The maximum atomic E-state index is 15.3. The van der Waals surface area contributed by atoms with Crippen LogP contribution in [0.15, 0.2) is 78.2 Å². The van der Waals surface area contributed by atoms with Gasteiger partial charge in [0, 0.05) is 49.6 Å². The molecule has 2 aliphatic carbocycles. The standard InChI is InChI=1S/C35H34F2N5O3/c1-23-5-4-7-26(19-23)41(32(44)29-8-9-31(43)40(29)30-20-24(21-38)13-17-39-30)35-16-10-25-6-2-3-18-42(33(35)45,22-28(25)35)27-11-14-34(36,37)15-12-27/h2-7,13,17-20,27,29H,8-12,14-16,22H2,1H3/q+1/t29-,35?,42?/m0/s1. The van der Waals surface area contributed by atoms with Crippen LogP contribution in [-0.2, 0) is 14.4 Å². The molecular formula is C35H34F2N5O3+. The number of carbonyl (C=O) groups excluding carboxylic acids is 3. The molecule has 0 spiro atoms. The highest BCUT2D eigenvalue weighted by Crippen LogP contribution is 2.54. The Morgan fingerprint density at radius 1 is 1.09 bits per heavy atom. The molecule has 5 aliphatic rings. The van der Waals surface area contributed by atoms with Crippen molar-refractivity contribution < 1.29 is 27.6 Å². The first-order chi connectivity index (χ1) is 21.6. The first-order valence-electron chi connectivity index (χ1n) is 15.6. The van der Waals surface area contributed by atoms with Crippen molar-refractivity contribution in [2.24, 2.45) is 0 Å². The summed E-state index contributed by atoms with van der Waals surface area (Å²) in [6.07, 6.45) is 10.2. The maximum Gasteiger partial charge on any atom is 0.349 e. The number of aromatic nitrogens is 1. The predicted octanol–water partition coefficient (Wildman–Crippen LogP) is 5.64. The zero-order valence-corrected chi connectivity index (χ0v) is 25.1. The highest BCUT2D eigenvalue weighted by molar-refractivity contribution is 6.13. The number of nitriles is 1. The number of anilines is 2. The van der Waals surface area contributed by atoms with Crippen LogP contribution in [0.3, 0.4) is 0 Å². The third-order valence-corrected chi connectivity index (χ3v) is 10.4. The lowest BCUT2D eigenvalue weighted by molar-refractivity contribution is -0.822. The van der Waals surface area contributed by atoms with Crippen molar-refractivity contribution in [1.82, 2.24) is 4.98 Å². The topological polar surface area (TPSA) is 94.4 Å². The monoisotopic (exact) mass is 610 g/mol. The second kappa shape index (κ2) is 10.6. The van der Waals surface area contributed by atoms with Crippen molar-refractivity contribution in [3.63, 3.8) is 0 Å². The molecule has 2 aromatic rings. The van der Waals surface area contributed by atoms with Crippen LogP contribution in [0, 0.1) is 18.3 Å². The number of carbonyl (C=O) groups is 3. The quantitative estimate of drug-likeness (QED) is 0.409. The summed E-state index contributed by atoms with van der Waals surface area (Å²) in [5.74, 6) is -3.39. The Bertz CT molecular complexity index is 1750. The molecular weight excluding hydrogens is 576 g/mol. The molecule has 2 saturated heterocycles. The SMILES string of the molecule is Cc1cccc(N(C(=O)[C@@H]2CCC(=O)N2c2cc(C#N)ccn2)C23CCC4=C2C[N+](C2CCC(F)(F)CC2)(C=CC=C4)C3=O)c1. The molecule has 45 heavy (non-hydrogen) atoms. The van der Waals surface area contributed by atoms with Gasteiger partial charge in [-0.05, 0) is 67.7 Å². The van der Waals surface area contributed by atoms with Gasteiger partial charge < -0.3 is 0 Å². The van der Waals surface area contributed by atoms with Gasteiger partial charge in [-0.25, -0.2) is 23.0 Å². The van der Waals surface area contributed by atoms with E-state index in [1.165, 1.54) is 23.2 Å². The summed E-state index contributed by atoms with van der Waals surface area (Å²) in [7, 11) is 0. The van der Waals surface area contributed by atoms with E-state index >= 15 is 9.59 Å². The average molecular weight is 611 g/mol. The largest absolute Gasteiger partial charge is 0.349 e. The van der Waals surface area contributed by atoms with Crippen LogP contribution in [-0.4, -0.2) is 57.3 Å². The van der Waals surface area contributed by atoms with Gasteiger partial charge >= 0.3 is 5.91 Å². The molecule has 10 heteroatoms. The Morgan fingerprint density at radius 3 is 2.64 bits per heavy atom. The third kappa shape index (κ3) is 4.47. The number of benzene rings is 1. The number of allylic oxidation sites excluding steroid dienone is 4. The summed E-state index contributed by atoms with van der Waals surface area (Å²) in [6, 6.07) is 11.3. The van der Waals surface area contributed by atoms with Gasteiger partial charge in [0.25, 0.3) is 5.91 Å². The Morgan fingerprint density at radius 2 is 1.89 bits per heavy atom. The Kier molecular flexibility index (Phi) is 6.86. The summed E-state index contributed by atoms with van der Waals surface area (Å²) in [5, 5.41) is 9.49. The lowest BCUT2D eigenvalue weighted by atomic mass is 9.87. The molecule has 3 amide bonds. The van der Waals surface area contributed by atoms with E-state index in [0.717, 1.165) is 16.7 Å². The first kappa shape index (κ1) is 29.2. The minimum Gasteiger partial charge on any atom is -0.287 e. The van der Waals surface area contributed by atoms with E-state index in [2.05, 4.69) is 11.1 Å². The van der Waals surface area contributed by atoms with Crippen LogP contribution in [0.5, 0.6) is 0 Å². The molecule has 3 atom stereocenters. The van der Waals surface area contributed by atoms with E-state index in [1.807, 2.05) is 55.6 Å². The zero-order chi connectivity index (χ0) is 31.6. The number of hydrogen-bond donors (Lipinski definition) is 0. The molecule has 0 N–H and O–H groups in total. The van der Waals surface area contributed by atoms with E-state index in [0.29, 0.717) is 30.6 Å². The maximum absolute atomic E-state index is 15.3. The average Bonchev–Trinajstić information content (AvgIpc) is 3.65. The predicted molar refractivity (Wildman–Crippen MR) is 163 cm³/mol. The summed E-state index contributed by atoms with van der Waals surface area (Å²) in [4.78, 5) is 51.1. The van der Waals surface area contributed by atoms with Crippen molar-refractivity contribution in [3.8, 4) is 6.07 Å². The normalized spacial score (nSPS) is 28.8. The Balaban J connectivity index is 1.38. The summed E-state index contributed by atoms with van der Waals surface area (Å²) >= 11 is 0. The fraction of sp³-hybridized carbons (Fsp3) is 0.400. The molecule has 4 heterocycles. The molecule has 7 rings (SSSR count). The van der Waals surface area contributed by atoms with Crippen molar-refractivity contribution >= 4 is 29.2 Å². The minimum atomic E-state index is -2.75. The lowest BCUT2D eigenvalue weighted by Gasteiger charge is -2.43. The van der Waals surface area contributed by atoms with E-state index in [4.69, 9.17) is 0 Å². The fourth-order valence-corrected chi connectivity index (χ4v) is 8.23. The number of halogens is 2. The Labute approximate surface area is 260 Å². The number of amides is 3. The minimum absolute atomic E-state index is 0.103. The Hall–Kier alpha value is -4.49. The summed E-state index contributed by atoms with van der Waals surface area (Å²) in [5.41, 5.74) is 2.25. The molecule has 1 aromatic carbocycles. The van der Waals surface area contributed by atoms with Gasteiger partial charge in [-0.15, -0.1) is 0 Å². The van der Waals surface area contributed by atoms with Gasteiger partial charge in [-0.1, -0.05) is 24.3 Å². The number of aryl methyl sites for hydroxylation is 1. The fourth-order valence-electron chi connectivity index (χ4n) is 8.23. The summed E-state index contributed by atoms with van der Waals surface area (Å²) in [6.45, 7) is 2.24. The van der Waals surface area contributed by atoms with Crippen LogP contribution in [0.25, 0.3) is 0 Å². The van der Waals surface area contributed by atoms with E-state index in [-0.39, 0.29) is 66.7 Å². The molecule has 1 aromatic heterocycles. The van der Waals surface area contributed by atoms with Crippen molar-refractivity contribution in [2.75, 3.05) is 16.3 Å². The highest BCUT2D eigenvalue weighted by atomic mass is 19.3. The number of hydrogen-bond acceptors (Lipinski definition) is 5. The second-order valence-electron chi connectivity index (χ2n) is 12.9. The van der Waals surface area contributed by atoms with Gasteiger partial charge in [0.1, 0.15) is 30.6 Å². The number of quaternary nitrogens is 1. The van der Waals surface area contributed by atoms with E-state index in [1.54, 1.807) is 4.90 Å². The van der Waals surface area contributed by atoms with Crippen LogP contribution in [0.2, 0.25) is 0 Å². The van der Waals surface area contributed by atoms with Crippen LogP contribution in [0.1, 0.15) is 62.5 Å². The van der Waals surface area contributed by atoms with Gasteiger partial charge in [-0.2, -0.15) is 5.26 Å². The van der Waals surface area contributed by atoms with Crippen LogP contribution >= 0.6 is 0 Å². The summed E-state index contributed by atoms with van der Waals surface area (Å²) < 4.78 is 28.6. The van der Waals surface area contributed by atoms with Crippen LogP contribution < -0.4 is 9.80 Å². The van der Waals surface area contributed by atoms with Crippen molar-refractivity contribution in [3.05, 3.63) is 89.3 Å². The molecule has 230 valence electrons. The van der Waals surface area contributed by atoms with Gasteiger partial charge in [0.15, 0.2) is 5.54 Å². The van der Waals surface area contributed by atoms with Crippen molar-refractivity contribution in [2.45, 2.75) is 81.8 Å². The smallest absolute Gasteiger partial charge is 0.287 e. The van der Waals surface area contributed by atoms with Gasteiger partial charge in [0.2, 0.25) is 11.8 Å². The molecule has 8 nitrogen and oxygen atoms in total. The molecule has 0 radical (unpaired) electrons. The van der Waals surface area contributed by atoms with Crippen molar-refractivity contribution in [1.29, 1.82) is 5.26 Å². The van der Waals surface area contributed by atoms with Gasteiger partial charge in [-0.3, -0.25) is 19.4 Å². The molecule has 2 bridgehead atoms. The number of alkyl halides is 2. The highest BCUT2D eigenvalue weighted by Gasteiger charge is 2.70. The molecule has 3 fully saturated rings. The zero-order valence-electron chi connectivity index (χ0n) is 25.1. The number of nitrogens with zero attached hydrogens (tertiary/aromatic N) is 5. The molecule has 1 saturated carbocycles. The van der Waals surface area contributed by atoms with E-state index in [9.17, 15) is 18.8 Å². The third-order valence-electron chi connectivity index (χ3n) is 10.4.